The average Bonchev–Trinajstić information content (AvgIpc) is 2.53. The lowest BCUT2D eigenvalue weighted by atomic mass is 9.83. The van der Waals surface area contributed by atoms with Crippen LogP contribution in [0.25, 0.3) is 0 Å². The molecule has 2 aromatic rings. The summed E-state index contributed by atoms with van der Waals surface area (Å²) < 4.78 is 0. The third-order valence-electron chi connectivity index (χ3n) is 3.44. The van der Waals surface area contributed by atoms with Gasteiger partial charge < -0.3 is 0 Å². The first kappa shape index (κ1) is 12.9. The van der Waals surface area contributed by atoms with Crippen molar-refractivity contribution in [3.8, 4) is 0 Å². The standard InChI is InChI=1S/C16H9NO4/c18-8-17(9-19)13-7-3-6-12-14(13)16(21)11-5-2-1-4-10(11)15(12)20/h1-9H. The molecule has 5 nitrogen and oxygen atoms in total. The number of fused-ring (bicyclic) bond motifs is 2. The summed E-state index contributed by atoms with van der Waals surface area (Å²) >= 11 is 0. The number of carbonyl (C=O) groups excluding carboxylic acids is 4. The quantitative estimate of drug-likeness (QED) is 0.682. The predicted octanol–water partition coefficient (Wildman–Crippen LogP) is 1.58. The van der Waals surface area contributed by atoms with E-state index in [2.05, 4.69) is 0 Å². The molecule has 0 unspecified atom stereocenters. The van der Waals surface area contributed by atoms with Crippen LogP contribution in [0.1, 0.15) is 31.8 Å². The van der Waals surface area contributed by atoms with Gasteiger partial charge in [0.1, 0.15) is 0 Å². The van der Waals surface area contributed by atoms with Crippen LogP contribution in [0.3, 0.4) is 0 Å². The summed E-state index contributed by atoms with van der Waals surface area (Å²) in [4.78, 5) is 47.7. The Hall–Kier alpha value is -3.08. The van der Waals surface area contributed by atoms with E-state index >= 15 is 0 Å². The molecular weight excluding hydrogens is 270 g/mol. The van der Waals surface area contributed by atoms with Crippen molar-refractivity contribution in [3.63, 3.8) is 0 Å². The molecule has 21 heavy (non-hydrogen) atoms. The van der Waals surface area contributed by atoms with Crippen molar-refractivity contribution in [1.82, 2.24) is 0 Å². The van der Waals surface area contributed by atoms with Gasteiger partial charge in [0, 0.05) is 16.7 Å². The number of rotatable bonds is 3. The number of ketones is 2. The fourth-order valence-electron chi connectivity index (χ4n) is 2.48. The minimum absolute atomic E-state index is 0.0837. The van der Waals surface area contributed by atoms with Crippen molar-refractivity contribution in [3.05, 3.63) is 64.7 Å². The van der Waals surface area contributed by atoms with Crippen LogP contribution in [0.4, 0.5) is 5.69 Å². The summed E-state index contributed by atoms with van der Waals surface area (Å²) in [6.07, 6.45) is 0.613. The number of nitrogens with zero attached hydrogens (tertiary/aromatic N) is 1. The van der Waals surface area contributed by atoms with E-state index in [0.29, 0.717) is 18.4 Å². The Balaban J connectivity index is 2.31. The lowest BCUT2D eigenvalue weighted by Crippen LogP contribution is -2.27. The van der Waals surface area contributed by atoms with Gasteiger partial charge in [0.05, 0.1) is 11.3 Å². The second-order valence-electron chi connectivity index (χ2n) is 4.52. The van der Waals surface area contributed by atoms with Crippen molar-refractivity contribution in [2.45, 2.75) is 0 Å². The van der Waals surface area contributed by atoms with Gasteiger partial charge in [-0.2, -0.15) is 0 Å². The molecule has 0 bridgehead atoms. The summed E-state index contributed by atoms with van der Waals surface area (Å²) in [5.41, 5.74) is 1.01. The molecule has 0 aliphatic heterocycles. The molecule has 2 aromatic carbocycles. The molecule has 2 amide bonds. The van der Waals surface area contributed by atoms with Crippen molar-refractivity contribution in [2.75, 3.05) is 4.90 Å². The molecule has 0 saturated carbocycles. The maximum atomic E-state index is 12.6. The van der Waals surface area contributed by atoms with Gasteiger partial charge in [0.15, 0.2) is 11.6 Å². The predicted molar refractivity (Wildman–Crippen MR) is 74.4 cm³/mol. The van der Waals surface area contributed by atoms with Crippen molar-refractivity contribution in [1.29, 1.82) is 0 Å². The molecule has 1 aliphatic rings. The SMILES string of the molecule is O=CN(C=O)c1cccc2c1C(=O)c1ccccc1C2=O. The fraction of sp³-hybridized carbons (Fsp3) is 0. The molecule has 102 valence electrons. The van der Waals surface area contributed by atoms with Crippen molar-refractivity contribution < 1.29 is 19.2 Å². The number of imide groups is 1. The normalized spacial score (nSPS) is 12.4. The molecule has 0 spiro atoms. The smallest absolute Gasteiger partial charge is 0.220 e. The molecule has 0 heterocycles. The molecule has 0 radical (unpaired) electrons. The van der Waals surface area contributed by atoms with Gasteiger partial charge in [0.25, 0.3) is 0 Å². The highest BCUT2D eigenvalue weighted by Gasteiger charge is 2.32. The maximum absolute atomic E-state index is 12.6. The van der Waals surface area contributed by atoms with Crippen LogP contribution >= 0.6 is 0 Å². The fourth-order valence-corrected chi connectivity index (χ4v) is 2.48. The minimum atomic E-state index is -0.371. The van der Waals surface area contributed by atoms with E-state index in [1.165, 1.54) is 18.2 Å². The van der Waals surface area contributed by atoms with E-state index in [9.17, 15) is 19.2 Å². The highest BCUT2D eigenvalue weighted by atomic mass is 16.2. The Morgan fingerprint density at radius 3 is 1.90 bits per heavy atom. The number of hydrogen-bond donors (Lipinski definition) is 0. The first-order valence-electron chi connectivity index (χ1n) is 6.19. The highest BCUT2D eigenvalue weighted by molar-refractivity contribution is 6.30. The van der Waals surface area contributed by atoms with E-state index in [-0.39, 0.29) is 33.9 Å². The zero-order valence-electron chi connectivity index (χ0n) is 10.8. The second kappa shape index (κ2) is 4.79. The van der Waals surface area contributed by atoms with Crippen molar-refractivity contribution >= 4 is 30.1 Å². The Morgan fingerprint density at radius 2 is 1.29 bits per heavy atom. The van der Waals surface area contributed by atoms with Gasteiger partial charge in [-0.1, -0.05) is 36.4 Å². The van der Waals surface area contributed by atoms with Gasteiger partial charge in [0.2, 0.25) is 12.8 Å². The number of benzene rings is 2. The lowest BCUT2D eigenvalue weighted by molar-refractivity contribution is -0.114. The molecule has 5 heteroatoms. The summed E-state index contributed by atoms with van der Waals surface area (Å²) in [6.45, 7) is 0. The molecule has 0 saturated heterocycles. The Morgan fingerprint density at radius 1 is 0.714 bits per heavy atom. The van der Waals surface area contributed by atoms with Crippen LogP contribution in [0, 0.1) is 0 Å². The van der Waals surface area contributed by atoms with E-state index < -0.39 is 0 Å². The monoisotopic (exact) mass is 279 g/mol. The summed E-state index contributed by atoms with van der Waals surface area (Å²) in [7, 11) is 0. The number of hydrogen-bond acceptors (Lipinski definition) is 4. The van der Waals surface area contributed by atoms with E-state index in [1.54, 1.807) is 24.3 Å². The van der Waals surface area contributed by atoms with Gasteiger partial charge in [-0.3, -0.25) is 24.1 Å². The first-order valence-corrected chi connectivity index (χ1v) is 6.19. The van der Waals surface area contributed by atoms with Crippen LogP contribution < -0.4 is 4.90 Å². The number of anilines is 1. The largest absolute Gasteiger partial charge is 0.289 e. The highest BCUT2D eigenvalue weighted by Crippen LogP contribution is 2.32. The Labute approximate surface area is 119 Å². The Bertz CT molecular complexity index is 787. The van der Waals surface area contributed by atoms with Crippen LogP contribution in [0.2, 0.25) is 0 Å². The minimum Gasteiger partial charge on any atom is -0.289 e. The molecule has 0 atom stereocenters. The van der Waals surface area contributed by atoms with Crippen molar-refractivity contribution in [2.24, 2.45) is 0 Å². The number of carbonyl (C=O) groups is 4. The second-order valence-corrected chi connectivity index (χ2v) is 4.52. The van der Waals surface area contributed by atoms with Crippen LogP contribution in [-0.2, 0) is 9.59 Å². The zero-order chi connectivity index (χ0) is 15.0. The third kappa shape index (κ3) is 1.79. The zero-order valence-corrected chi connectivity index (χ0v) is 10.8. The number of amides is 2. The average molecular weight is 279 g/mol. The van der Waals surface area contributed by atoms with E-state index in [0.717, 1.165) is 4.90 Å². The van der Waals surface area contributed by atoms with Gasteiger partial charge >= 0.3 is 0 Å². The van der Waals surface area contributed by atoms with Crippen LogP contribution in [-0.4, -0.2) is 24.4 Å². The van der Waals surface area contributed by atoms with Crippen LogP contribution in [0.15, 0.2) is 42.5 Å². The molecular formula is C16H9NO4. The van der Waals surface area contributed by atoms with Gasteiger partial charge in [-0.15, -0.1) is 0 Å². The van der Waals surface area contributed by atoms with Gasteiger partial charge in [-0.25, -0.2) is 0 Å². The molecule has 0 aromatic heterocycles. The maximum Gasteiger partial charge on any atom is 0.220 e. The molecule has 0 N–H and O–H groups in total. The van der Waals surface area contributed by atoms with Gasteiger partial charge in [-0.05, 0) is 6.07 Å². The molecule has 3 rings (SSSR count). The molecule has 1 aliphatic carbocycles. The summed E-state index contributed by atoms with van der Waals surface area (Å²) in [5, 5.41) is 0. The topological polar surface area (TPSA) is 71.5 Å². The van der Waals surface area contributed by atoms with E-state index in [1.807, 2.05) is 0 Å². The molecule has 0 fully saturated rings. The van der Waals surface area contributed by atoms with E-state index in [4.69, 9.17) is 0 Å². The summed E-state index contributed by atoms with van der Waals surface area (Å²) in [5.74, 6) is -0.664. The Kier molecular flexibility index (Phi) is 2.95. The third-order valence-corrected chi connectivity index (χ3v) is 3.44. The first-order chi connectivity index (χ1) is 10.2. The van der Waals surface area contributed by atoms with Crippen LogP contribution in [0.5, 0.6) is 0 Å². The lowest BCUT2D eigenvalue weighted by Gasteiger charge is -2.21. The summed E-state index contributed by atoms with van der Waals surface area (Å²) in [6, 6.07) is 11.0.